The summed E-state index contributed by atoms with van der Waals surface area (Å²) in [7, 11) is 1.42. The lowest BCUT2D eigenvalue weighted by Crippen LogP contribution is -2.03. The quantitative estimate of drug-likeness (QED) is 0.886. The van der Waals surface area contributed by atoms with Crippen molar-refractivity contribution in [3.63, 3.8) is 0 Å². The van der Waals surface area contributed by atoms with Crippen LogP contribution in [0.1, 0.15) is 15.4 Å². The highest BCUT2D eigenvalue weighted by Gasteiger charge is 2.20. The number of nitrogens with zero attached hydrogens (tertiary/aromatic N) is 1. The van der Waals surface area contributed by atoms with E-state index >= 15 is 0 Å². The van der Waals surface area contributed by atoms with Gasteiger partial charge in [-0.25, -0.2) is 9.78 Å². The van der Waals surface area contributed by atoms with Gasteiger partial charge in [-0.2, -0.15) is 8.78 Å². The fourth-order valence-electron chi connectivity index (χ4n) is 1.71. The Morgan fingerprint density at radius 1 is 1.43 bits per heavy atom. The van der Waals surface area contributed by atoms with Crippen molar-refractivity contribution >= 4 is 17.3 Å². The number of aromatic nitrogens is 1. The summed E-state index contributed by atoms with van der Waals surface area (Å²) in [6.45, 7) is -2.95. The van der Waals surface area contributed by atoms with Crippen molar-refractivity contribution in [3.05, 3.63) is 34.8 Å². The summed E-state index contributed by atoms with van der Waals surface area (Å²) in [4.78, 5) is 15.3. The minimum absolute atomic E-state index is 0.0127. The second-order valence-corrected chi connectivity index (χ2v) is 4.91. The summed E-state index contributed by atoms with van der Waals surface area (Å²) in [5, 5.41) is 9.42. The molecule has 0 spiro atoms. The third-order valence-corrected chi connectivity index (χ3v) is 3.63. The van der Waals surface area contributed by atoms with Crippen molar-refractivity contribution in [1.82, 2.24) is 4.98 Å². The number of methoxy groups -OCH3 is 1. The molecule has 8 heteroatoms. The molecule has 1 aromatic carbocycles. The number of carbonyl (C=O) groups is 1. The van der Waals surface area contributed by atoms with Crippen molar-refractivity contribution in [2.75, 3.05) is 7.11 Å². The third kappa shape index (κ3) is 3.53. The zero-order valence-corrected chi connectivity index (χ0v) is 11.7. The van der Waals surface area contributed by atoms with Gasteiger partial charge < -0.3 is 14.6 Å². The van der Waals surface area contributed by atoms with E-state index in [9.17, 15) is 13.6 Å². The molecule has 0 atom stereocenters. The molecule has 2 aromatic rings. The van der Waals surface area contributed by atoms with Crippen LogP contribution in [0.15, 0.2) is 24.3 Å². The Labute approximate surface area is 122 Å². The molecule has 0 aliphatic rings. The number of ether oxygens (including phenoxy) is 2. The van der Waals surface area contributed by atoms with Gasteiger partial charge in [0.2, 0.25) is 0 Å². The first-order valence-electron chi connectivity index (χ1n) is 5.79. The third-order valence-electron chi connectivity index (χ3n) is 2.51. The number of carboxylic acids is 1. The Kier molecular flexibility index (Phi) is 4.81. The van der Waals surface area contributed by atoms with Crippen LogP contribution in [-0.2, 0) is 11.3 Å². The fourth-order valence-corrected chi connectivity index (χ4v) is 2.65. The topological polar surface area (TPSA) is 68.7 Å². The van der Waals surface area contributed by atoms with Crippen molar-refractivity contribution in [2.24, 2.45) is 0 Å². The fraction of sp³-hybridized carbons (Fsp3) is 0.231. The maximum atomic E-state index is 12.4. The summed E-state index contributed by atoms with van der Waals surface area (Å²) < 4.78 is 34.1. The summed E-state index contributed by atoms with van der Waals surface area (Å²) >= 11 is 0.886. The van der Waals surface area contributed by atoms with Crippen molar-refractivity contribution < 1.29 is 28.2 Å². The first kappa shape index (κ1) is 15.3. The molecule has 0 aliphatic carbocycles. The Bertz CT molecular complexity index is 645. The molecule has 0 saturated carbocycles. The number of hydrogen-bond donors (Lipinski definition) is 1. The van der Waals surface area contributed by atoms with Gasteiger partial charge in [0.05, 0.1) is 17.9 Å². The summed E-state index contributed by atoms with van der Waals surface area (Å²) in [6, 6.07) is 6.09. The van der Waals surface area contributed by atoms with Gasteiger partial charge in [0.25, 0.3) is 0 Å². The average molecular weight is 315 g/mol. The minimum Gasteiger partial charge on any atom is -0.477 e. The van der Waals surface area contributed by atoms with Crippen molar-refractivity contribution in [2.45, 2.75) is 13.2 Å². The van der Waals surface area contributed by atoms with Gasteiger partial charge in [-0.3, -0.25) is 0 Å². The van der Waals surface area contributed by atoms with E-state index in [-0.39, 0.29) is 27.9 Å². The number of benzene rings is 1. The molecule has 1 heterocycles. The lowest BCUT2D eigenvalue weighted by atomic mass is 10.2. The standard InChI is InChI=1S/C13H11F2NO4S/c1-19-6-8-10(12(17)18)21-11(16-8)7-4-2-3-5-9(7)20-13(14)15/h2-5,13H,6H2,1H3,(H,17,18). The molecule has 0 unspecified atom stereocenters. The first-order chi connectivity index (χ1) is 10.0. The van der Waals surface area contributed by atoms with E-state index in [1.54, 1.807) is 18.2 Å². The van der Waals surface area contributed by atoms with E-state index in [1.165, 1.54) is 13.2 Å². The van der Waals surface area contributed by atoms with Crippen molar-refractivity contribution in [3.8, 4) is 16.3 Å². The molecule has 0 saturated heterocycles. The lowest BCUT2D eigenvalue weighted by molar-refractivity contribution is -0.0494. The van der Waals surface area contributed by atoms with E-state index < -0.39 is 12.6 Å². The van der Waals surface area contributed by atoms with Crippen LogP contribution < -0.4 is 4.74 Å². The maximum absolute atomic E-state index is 12.4. The molecule has 5 nitrogen and oxygen atoms in total. The van der Waals surface area contributed by atoms with E-state index in [1.807, 2.05) is 0 Å². The number of halogens is 2. The highest BCUT2D eigenvalue weighted by atomic mass is 32.1. The Hall–Kier alpha value is -2.06. The first-order valence-corrected chi connectivity index (χ1v) is 6.60. The van der Waals surface area contributed by atoms with E-state index in [0.29, 0.717) is 5.56 Å². The number of alkyl halides is 2. The zero-order chi connectivity index (χ0) is 15.4. The molecule has 1 aromatic heterocycles. The van der Waals surface area contributed by atoms with Crippen LogP contribution in [0.25, 0.3) is 10.6 Å². The number of para-hydroxylation sites is 1. The number of aromatic carboxylic acids is 1. The van der Waals surface area contributed by atoms with Gasteiger partial charge in [0.1, 0.15) is 15.6 Å². The Morgan fingerprint density at radius 2 is 2.14 bits per heavy atom. The molecule has 21 heavy (non-hydrogen) atoms. The molecule has 112 valence electrons. The van der Waals surface area contributed by atoms with E-state index in [4.69, 9.17) is 9.84 Å². The second kappa shape index (κ2) is 6.59. The van der Waals surface area contributed by atoms with Crippen LogP contribution in [0, 0.1) is 0 Å². The Morgan fingerprint density at radius 3 is 2.76 bits per heavy atom. The zero-order valence-electron chi connectivity index (χ0n) is 10.9. The largest absolute Gasteiger partial charge is 0.477 e. The molecule has 0 aliphatic heterocycles. The smallest absolute Gasteiger partial charge is 0.387 e. The summed E-state index contributed by atoms with van der Waals surface area (Å²) in [5.41, 5.74) is 0.560. The molecule has 0 fully saturated rings. The minimum atomic E-state index is -2.97. The van der Waals surface area contributed by atoms with E-state index in [0.717, 1.165) is 11.3 Å². The normalized spacial score (nSPS) is 10.9. The summed E-state index contributed by atoms with van der Waals surface area (Å²) in [5.74, 6) is -1.19. The molecule has 0 bridgehead atoms. The Balaban J connectivity index is 2.47. The number of thiazole rings is 1. The highest BCUT2D eigenvalue weighted by molar-refractivity contribution is 7.17. The van der Waals surface area contributed by atoms with Crippen LogP contribution in [0.2, 0.25) is 0 Å². The number of hydrogen-bond acceptors (Lipinski definition) is 5. The average Bonchev–Trinajstić information content (AvgIpc) is 2.83. The van der Waals surface area contributed by atoms with E-state index in [2.05, 4.69) is 9.72 Å². The predicted octanol–water partition coefficient (Wildman–Crippen LogP) is 3.26. The molecular formula is C13H11F2NO4S. The lowest BCUT2D eigenvalue weighted by Gasteiger charge is -2.08. The number of carboxylic acid groups (broad SMARTS) is 1. The van der Waals surface area contributed by atoms with Gasteiger partial charge in [-0.05, 0) is 12.1 Å². The maximum Gasteiger partial charge on any atom is 0.387 e. The van der Waals surface area contributed by atoms with Gasteiger partial charge in [0.15, 0.2) is 0 Å². The SMILES string of the molecule is COCc1nc(-c2ccccc2OC(F)F)sc1C(=O)O. The van der Waals surface area contributed by atoms with Crippen LogP contribution in [0.4, 0.5) is 8.78 Å². The van der Waals surface area contributed by atoms with Gasteiger partial charge in [-0.15, -0.1) is 11.3 Å². The summed E-state index contributed by atoms with van der Waals surface area (Å²) in [6.07, 6.45) is 0. The van der Waals surface area contributed by atoms with Crippen LogP contribution in [0.5, 0.6) is 5.75 Å². The van der Waals surface area contributed by atoms with Crippen LogP contribution in [-0.4, -0.2) is 29.8 Å². The molecule has 2 rings (SSSR count). The molecular weight excluding hydrogens is 304 g/mol. The van der Waals surface area contributed by atoms with Crippen LogP contribution in [0.3, 0.4) is 0 Å². The molecule has 0 amide bonds. The second-order valence-electron chi connectivity index (χ2n) is 3.91. The monoisotopic (exact) mass is 315 g/mol. The van der Waals surface area contributed by atoms with Crippen molar-refractivity contribution in [1.29, 1.82) is 0 Å². The highest BCUT2D eigenvalue weighted by Crippen LogP contribution is 2.35. The van der Waals surface area contributed by atoms with Crippen LogP contribution >= 0.6 is 11.3 Å². The molecule has 0 radical (unpaired) electrons. The molecule has 1 N–H and O–H groups in total. The van der Waals surface area contributed by atoms with Gasteiger partial charge in [0, 0.05) is 7.11 Å². The number of rotatable bonds is 6. The van der Waals surface area contributed by atoms with Gasteiger partial charge in [-0.1, -0.05) is 12.1 Å². The van der Waals surface area contributed by atoms with Gasteiger partial charge >= 0.3 is 12.6 Å². The predicted molar refractivity (Wildman–Crippen MR) is 71.9 cm³/mol.